The van der Waals surface area contributed by atoms with E-state index in [0.29, 0.717) is 0 Å². The van der Waals surface area contributed by atoms with Gasteiger partial charge in [-0.15, -0.1) is 4.83 Å². The van der Waals surface area contributed by atoms with Crippen LogP contribution in [0.2, 0.25) is 0 Å². The molecule has 2 N–H and O–H groups in total. The van der Waals surface area contributed by atoms with Crippen LogP contribution in [-0.4, -0.2) is 31.2 Å². The van der Waals surface area contributed by atoms with E-state index < -0.39 is 32.5 Å². The van der Waals surface area contributed by atoms with E-state index >= 15 is 0 Å². The lowest BCUT2D eigenvalue weighted by Gasteiger charge is -2.11. The highest BCUT2D eigenvalue weighted by Crippen LogP contribution is 2.23. The highest BCUT2D eigenvalue weighted by atomic mass is 32.2. The quantitative estimate of drug-likeness (QED) is 0.606. The molecule has 0 atom stereocenters. The number of sulfonamides is 1. The molecule has 8 nitrogen and oxygen atoms in total. The van der Waals surface area contributed by atoms with Crippen LogP contribution in [0.5, 0.6) is 5.75 Å². The number of nitrogens with zero attached hydrogens (tertiary/aromatic N) is 2. The summed E-state index contributed by atoms with van der Waals surface area (Å²) in [6, 6.07) is 8.53. The van der Waals surface area contributed by atoms with Crippen molar-refractivity contribution in [1.82, 2.24) is 20.0 Å². The second-order valence-electron chi connectivity index (χ2n) is 5.48. The van der Waals surface area contributed by atoms with Gasteiger partial charge in [0.25, 0.3) is 15.9 Å². The minimum absolute atomic E-state index is 0.167. The van der Waals surface area contributed by atoms with Crippen molar-refractivity contribution in [2.45, 2.75) is 4.90 Å². The molecule has 146 valence electrons. The molecule has 0 aliphatic rings. The average Bonchev–Trinajstić information content (AvgIpc) is 3.20. The molecule has 1 aromatic heterocycles. The Morgan fingerprint density at radius 3 is 2.64 bits per heavy atom. The van der Waals surface area contributed by atoms with Crippen LogP contribution in [0.3, 0.4) is 0 Å². The first-order chi connectivity index (χ1) is 13.3. The summed E-state index contributed by atoms with van der Waals surface area (Å²) >= 11 is 0. The second-order valence-corrected chi connectivity index (χ2v) is 7.13. The molecule has 0 radical (unpaired) electrons. The number of ether oxygens (including phenoxy) is 1. The zero-order valence-corrected chi connectivity index (χ0v) is 15.2. The summed E-state index contributed by atoms with van der Waals surface area (Å²) in [4.78, 5) is 13.3. The van der Waals surface area contributed by atoms with Gasteiger partial charge >= 0.3 is 0 Å². The zero-order valence-electron chi connectivity index (χ0n) is 14.4. The largest absolute Gasteiger partial charge is 0.494 e. The van der Waals surface area contributed by atoms with Crippen LogP contribution < -0.4 is 15.0 Å². The molecule has 0 unspecified atom stereocenters. The summed E-state index contributed by atoms with van der Waals surface area (Å²) in [6.45, 7) is 0. The first kappa shape index (κ1) is 19.5. The number of nitrogens with one attached hydrogen (secondary N) is 2. The van der Waals surface area contributed by atoms with Crippen molar-refractivity contribution in [3.05, 3.63) is 72.1 Å². The number of rotatable bonds is 6. The molecule has 0 saturated heterocycles. The Morgan fingerprint density at radius 2 is 1.96 bits per heavy atom. The van der Waals surface area contributed by atoms with Gasteiger partial charge in [-0.05, 0) is 36.4 Å². The molecule has 1 heterocycles. The fourth-order valence-electron chi connectivity index (χ4n) is 2.36. The van der Waals surface area contributed by atoms with Gasteiger partial charge in [0.1, 0.15) is 10.7 Å². The van der Waals surface area contributed by atoms with Crippen LogP contribution in [0, 0.1) is 11.6 Å². The van der Waals surface area contributed by atoms with E-state index in [0.717, 1.165) is 18.2 Å². The first-order valence-corrected chi connectivity index (χ1v) is 9.25. The monoisotopic (exact) mass is 408 g/mol. The van der Waals surface area contributed by atoms with Gasteiger partial charge < -0.3 is 4.74 Å². The van der Waals surface area contributed by atoms with E-state index in [1.54, 1.807) is 17.1 Å². The van der Waals surface area contributed by atoms with E-state index in [9.17, 15) is 22.0 Å². The zero-order chi connectivity index (χ0) is 20.3. The number of aromatic nitrogens is 2. The van der Waals surface area contributed by atoms with Crippen LogP contribution in [0.25, 0.3) is 5.69 Å². The van der Waals surface area contributed by atoms with Gasteiger partial charge in [0.2, 0.25) is 0 Å². The lowest BCUT2D eigenvalue weighted by atomic mass is 10.2. The molecule has 0 spiro atoms. The van der Waals surface area contributed by atoms with Gasteiger partial charge in [-0.1, -0.05) is 6.07 Å². The maximum atomic E-state index is 14.2. The Bertz CT molecular complexity index is 1120. The molecule has 0 bridgehead atoms. The fraction of sp³-hybridized carbons (Fsp3) is 0.0588. The van der Waals surface area contributed by atoms with Crippen molar-refractivity contribution in [3.63, 3.8) is 0 Å². The summed E-state index contributed by atoms with van der Waals surface area (Å²) in [5.41, 5.74) is 2.02. The Morgan fingerprint density at radius 1 is 1.18 bits per heavy atom. The topological polar surface area (TPSA) is 102 Å². The van der Waals surface area contributed by atoms with Crippen LogP contribution >= 0.6 is 0 Å². The van der Waals surface area contributed by atoms with Crippen molar-refractivity contribution in [2.75, 3.05) is 7.11 Å². The van der Waals surface area contributed by atoms with Gasteiger partial charge in [0.05, 0.1) is 12.8 Å². The predicted octanol–water partition coefficient (Wildman–Crippen LogP) is 1.78. The summed E-state index contributed by atoms with van der Waals surface area (Å²) in [5, 5.41) is 3.93. The van der Waals surface area contributed by atoms with Gasteiger partial charge in [0, 0.05) is 18.0 Å². The van der Waals surface area contributed by atoms with Crippen molar-refractivity contribution >= 4 is 15.9 Å². The van der Waals surface area contributed by atoms with E-state index in [1.165, 1.54) is 36.2 Å². The summed E-state index contributed by atoms with van der Waals surface area (Å²) in [7, 11) is -3.25. The number of carbonyl (C=O) groups excluding carboxylic acids is 1. The highest BCUT2D eigenvalue weighted by molar-refractivity contribution is 7.89. The SMILES string of the molecule is COc1cccc(S(=O)(=O)NNC(=O)c2cc(F)cc(-n3cccn3)c2)c1F. The van der Waals surface area contributed by atoms with E-state index in [1.807, 2.05) is 5.43 Å². The van der Waals surface area contributed by atoms with Crippen LogP contribution in [0.4, 0.5) is 8.78 Å². The second kappa shape index (κ2) is 7.74. The standard InChI is InChI=1S/C17H14F2N4O4S/c1-27-14-4-2-5-15(16(14)19)28(25,26)22-21-17(24)11-8-12(18)10-13(9-11)23-7-3-6-20-23/h2-10,22H,1H3,(H,21,24). The minimum Gasteiger partial charge on any atom is -0.494 e. The van der Waals surface area contributed by atoms with Crippen LogP contribution in [0.1, 0.15) is 10.4 Å². The number of hydrazine groups is 1. The third-order valence-electron chi connectivity index (χ3n) is 3.65. The maximum Gasteiger partial charge on any atom is 0.266 e. The highest BCUT2D eigenvalue weighted by Gasteiger charge is 2.23. The molecule has 3 rings (SSSR count). The lowest BCUT2D eigenvalue weighted by Crippen LogP contribution is -2.41. The third-order valence-corrected chi connectivity index (χ3v) is 4.92. The molecule has 11 heteroatoms. The lowest BCUT2D eigenvalue weighted by molar-refractivity contribution is 0.0944. The van der Waals surface area contributed by atoms with Crippen molar-refractivity contribution in [3.8, 4) is 11.4 Å². The number of hydrogen-bond donors (Lipinski definition) is 2. The minimum atomic E-state index is -4.44. The number of amides is 1. The summed E-state index contributed by atoms with van der Waals surface area (Å²) in [5.74, 6) is -3.05. The number of methoxy groups -OCH3 is 1. The molecule has 2 aromatic carbocycles. The van der Waals surface area contributed by atoms with Gasteiger partial charge in [-0.25, -0.2) is 21.9 Å². The Hall–Kier alpha value is -3.31. The smallest absolute Gasteiger partial charge is 0.266 e. The van der Waals surface area contributed by atoms with E-state index in [-0.39, 0.29) is 17.0 Å². The number of carbonyl (C=O) groups is 1. The van der Waals surface area contributed by atoms with Crippen molar-refractivity contribution in [2.24, 2.45) is 0 Å². The van der Waals surface area contributed by atoms with Gasteiger partial charge in [-0.2, -0.15) is 5.10 Å². The molecule has 1 amide bonds. The Balaban J connectivity index is 1.81. The third kappa shape index (κ3) is 4.00. The Kier molecular flexibility index (Phi) is 5.38. The van der Waals surface area contributed by atoms with E-state index in [4.69, 9.17) is 4.74 Å². The van der Waals surface area contributed by atoms with Crippen LogP contribution in [-0.2, 0) is 10.0 Å². The number of halogens is 2. The molecular weight excluding hydrogens is 394 g/mol. The summed E-state index contributed by atoms with van der Waals surface area (Å²) in [6.07, 6.45) is 3.02. The maximum absolute atomic E-state index is 14.2. The molecule has 0 aliphatic heterocycles. The average molecular weight is 408 g/mol. The van der Waals surface area contributed by atoms with Crippen molar-refractivity contribution < 1.29 is 26.7 Å². The molecule has 0 fully saturated rings. The van der Waals surface area contributed by atoms with E-state index in [2.05, 4.69) is 5.10 Å². The number of benzene rings is 2. The fourth-order valence-corrected chi connectivity index (χ4v) is 3.29. The molecule has 0 saturated carbocycles. The molecule has 0 aliphatic carbocycles. The van der Waals surface area contributed by atoms with Gasteiger partial charge in [0.15, 0.2) is 11.6 Å². The van der Waals surface area contributed by atoms with Crippen LogP contribution in [0.15, 0.2) is 59.8 Å². The number of hydrogen-bond acceptors (Lipinski definition) is 5. The van der Waals surface area contributed by atoms with Gasteiger partial charge in [-0.3, -0.25) is 10.2 Å². The predicted molar refractivity (Wildman–Crippen MR) is 94.3 cm³/mol. The molecule has 3 aromatic rings. The first-order valence-electron chi connectivity index (χ1n) is 7.77. The summed E-state index contributed by atoms with van der Waals surface area (Å²) < 4.78 is 58.6. The molecular formula is C17H14F2N4O4S. The normalized spacial score (nSPS) is 11.2. The van der Waals surface area contributed by atoms with Crippen molar-refractivity contribution in [1.29, 1.82) is 0 Å². The molecule has 28 heavy (non-hydrogen) atoms. The Labute approximate surface area is 158 Å².